The first-order valence-corrected chi connectivity index (χ1v) is 12.2. The van der Waals surface area contributed by atoms with Crippen LogP contribution in [0.1, 0.15) is 70.1 Å². The van der Waals surface area contributed by atoms with E-state index >= 15 is 0 Å². The summed E-state index contributed by atoms with van der Waals surface area (Å²) in [5.41, 5.74) is 3.15. The highest BCUT2D eigenvalue weighted by atomic mass is 19.1. The number of halogens is 1. The minimum Gasteiger partial charge on any atom is -0.444 e. The number of carbonyl (C=O) groups excluding carboxylic acids is 1. The number of carbonyl (C=O) groups is 1. The van der Waals surface area contributed by atoms with Crippen LogP contribution < -0.4 is 0 Å². The van der Waals surface area contributed by atoms with Gasteiger partial charge >= 0.3 is 6.09 Å². The molecule has 0 bridgehead atoms. The van der Waals surface area contributed by atoms with Crippen molar-refractivity contribution < 1.29 is 13.9 Å². The minimum absolute atomic E-state index is 0.222. The maximum Gasteiger partial charge on any atom is 0.410 e. The molecule has 0 spiro atoms. The van der Waals surface area contributed by atoms with Crippen LogP contribution in [-0.2, 0) is 11.2 Å². The number of amides is 1. The second-order valence-corrected chi connectivity index (χ2v) is 10.6. The number of ether oxygens (including phenoxy) is 1. The summed E-state index contributed by atoms with van der Waals surface area (Å²) >= 11 is 0. The van der Waals surface area contributed by atoms with E-state index in [4.69, 9.17) is 9.72 Å². The number of aryl methyl sites for hydroxylation is 1. The molecular formula is C26H32FN5O2. The lowest BCUT2D eigenvalue weighted by molar-refractivity contribution is 0.0162. The Morgan fingerprint density at radius 1 is 1.18 bits per heavy atom. The van der Waals surface area contributed by atoms with Crippen molar-refractivity contribution in [3.05, 3.63) is 47.8 Å². The topological polar surface area (TPSA) is 72.6 Å². The van der Waals surface area contributed by atoms with E-state index < -0.39 is 5.60 Å². The number of aromatic nitrogens is 4. The van der Waals surface area contributed by atoms with Gasteiger partial charge in [-0.2, -0.15) is 0 Å². The molecule has 1 aliphatic carbocycles. The summed E-state index contributed by atoms with van der Waals surface area (Å²) in [4.78, 5) is 28.3. The van der Waals surface area contributed by atoms with Gasteiger partial charge in [0.2, 0.25) is 0 Å². The number of rotatable bonds is 5. The van der Waals surface area contributed by atoms with Gasteiger partial charge in [-0.25, -0.2) is 24.1 Å². The Hall–Kier alpha value is -3.03. The largest absolute Gasteiger partial charge is 0.444 e. The SMILES string of the molecule is CC(C)(C)OC(=O)N1CCC[C@@H](CCc2nc(-c3cnc4ccc(F)cn34)ncc2C2CC2)C1. The summed E-state index contributed by atoms with van der Waals surface area (Å²) in [7, 11) is 0. The number of pyridine rings is 1. The van der Waals surface area contributed by atoms with E-state index in [-0.39, 0.29) is 11.9 Å². The Kier molecular flexibility index (Phi) is 6.00. The van der Waals surface area contributed by atoms with Crippen molar-refractivity contribution in [3.8, 4) is 11.5 Å². The van der Waals surface area contributed by atoms with Gasteiger partial charge in [-0.05, 0) is 88.8 Å². The Balaban J connectivity index is 1.33. The van der Waals surface area contributed by atoms with Gasteiger partial charge in [-0.3, -0.25) is 4.40 Å². The molecule has 4 heterocycles. The maximum atomic E-state index is 13.8. The minimum atomic E-state index is -0.485. The number of hydrogen-bond donors (Lipinski definition) is 0. The van der Waals surface area contributed by atoms with Gasteiger partial charge in [-0.1, -0.05) is 0 Å². The molecule has 1 amide bonds. The summed E-state index contributed by atoms with van der Waals surface area (Å²) in [6.07, 6.45) is 11.1. The second kappa shape index (κ2) is 8.96. The molecule has 7 nitrogen and oxygen atoms in total. The zero-order valence-corrected chi connectivity index (χ0v) is 20.1. The lowest BCUT2D eigenvalue weighted by atomic mass is 9.92. The zero-order chi connectivity index (χ0) is 23.9. The van der Waals surface area contributed by atoms with Crippen molar-refractivity contribution in [3.63, 3.8) is 0 Å². The van der Waals surface area contributed by atoms with E-state index in [0.29, 0.717) is 29.0 Å². The molecule has 8 heteroatoms. The Morgan fingerprint density at radius 2 is 2.00 bits per heavy atom. The first kappa shape index (κ1) is 22.7. The van der Waals surface area contributed by atoms with Crippen LogP contribution >= 0.6 is 0 Å². The van der Waals surface area contributed by atoms with Crippen LogP contribution in [0.2, 0.25) is 0 Å². The quantitative estimate of drug-likeness (QED) is 0.505. The number of fused-ring (bicyclic) bond motifs is 1. The fourth-order valence-electron chi connectivity index (χ4n) is 4.74. The molecule has 3 aromatic rings. The third kappa shape index (κ3) is 5.05. The van der Waals surface area contributed by atoms with Gasteiger partial charge in [-0.15, -0.1) is 0 Å². The van der Waals surface area contributed by atoms with E-state index in [1.165, 1.54) is 30.7 Å². The highest BCUT2D eigenvalue weighted by Gasteiger charge is 2.30. The van der Waals surface area contributed by atoms with E-state index in [1.807, 2.05) is 31.9 Å². The van der Waals surface area contributed by atoms with Gasteiger partial charge in [0.05, 0.1) is 6.20 Å². The molecule has 0 radical (unpaired) electrons. The van der Waals surface area contributed by atoms with Crippen LogP contribution in [0.4, 0.5) is 9.18 Å². The summed E-state index contributed by atoms with van der Waals surface area (Å²) in [6, 6.07) is 3.05. The third-order valence-corrected chi connectivity index (χ3v) is 6.58. The molecular weight excluding hydrogens is 433 g/mol. The highest BCUT2D eigenvalue weighted by molar-refractivity contribution is 5.68. The Bertz CT molecular complexity index is 1200. The van der Waals surface area contributed by atoms with E-state index in [1.54, 1.807) is 16.7 Å². The summed E-state index contributed by atoms with van der Waals surface area (Å²) in [5, 5.41) is 0. The Labute approximate surface area is 199 Å². The molecule has 0 N–H and O–H groups in total. The van der Waals surface area contributed by atoms with Crippen LogP contribution in [0, 0.1) is 11.7 Å². The first-order valence-electron chi connectivity index (χ1n) is 12.2. The Morgan fingerprint density at radius 3 is 2.76 bits per heavy atom. The number of imidazole rings is 1. The lowest BCUT2D eigenvalue weighted by Crippen LogP contribution is -2.43. The normalized spacial score (nSPS) is 18.9. The summed E-state index contributed by atoms with van der Waals surface area (Å²) < 4.78 is 21.1. The molecule has 2 aliphatic rings. The fourth-order valence-corrected chi connectivity index (χ4v) is 4.74. The number of piperidine rings is 1. The van der Waals surface area contributed by atoms with E-state index in [9.17, 15) is 9.18 Å². The van der Waals surface area contributed by atoms with Gasteiger partial charge in [0.15, 0.2) is 5.82 Å². The summed E-state index contributed by atoms with van der Waals surface area (Å²) in [6.45, 7) is 7.17. The number of nitrogens with zero attached hydrogens (tertiary/aromatic N) is 5. The third-order valence-electron chi connectivity index (χ3n) is 6.58. The predicted molar refractivity (Wildman–Crippen MR) is 127 cm³/mol. The van der Waals surface area contributed by atoms with E-state index in [2.05, 4.69) is 9.97 Å². The van der Waals surface area contributed by atoms with Crippen molar-refractivity contribution in [2.75, 3.05) is 13.1 Å². The number of likely N-dealkylation sites (tertiary alicyclic amines) is 1. The molecule has 1 atom stereocenters. The van der Waals surface area contributed by atoms with Crippen LogP contribution in [0.15, 0.2) is 30.7 Å². The van der Waals surface area contributed by atoms with Crippen LogP contribution in [0.3, 0.4) is 0 Å². The lowest BCUT2D eigenvalue weighted by Gasteiger charge is -2.34. The van der Waals surface area contributed by atoms with Crippen LogP contribution in [0.25, 0.3) is 17.2 Å². The van der Waals surface area contributed by atoms with Crippen molar-refractivity contribution in [1.29, 1.82) is 0 Å². The molecule has 180 valence electrons. The molecule has 5 rings (SSSR count). The van der Waals surface area contributed by atoms with Crippen molar-refractivity contribution >= 4 is 11.7 Å². The smallest absolute Gasteiger partial charge is 0.410 e. The van der Waals surface area contributed by atoms with Gasteiger partial charge in [0, 0.05) is 31.2 Å². The molecule has 1 saturated heterocycles. The van der Waals surface area contributed by atoms with E-state index in [0.717, 1.165) is 44.5 Å². The highest BCUT2D eigenvalue weighted by Crippen LogP contribution is 2.42. The molecule has 3 aromatic heterocycles. The van der Waals surface area contributed by atoms with Crippen molar-refractivity contribution in [2.24, 2.45) is 5.92 Å². The maximum absolute atomic E-state index is 13.8. The molecule has 0 unspecified atom stereocenters. The molecule has 1 aliphatic heterocycles. The predicted octanol–water partition coefficient (Wildman–Crippen LogP) is 5.39. The van der Waals surface area contributed by atoms with Gasteiger partial charge in [0.1, 0.15) is 22.8 Å². The van der Waals surface area contributed by atoms with Crippen LogP contribution in [0.5, 0.6) is 0 Å². The molecule has 0 aromatic carbocycles. The monoisotopic (exact) mass is 465 g/mol. The van der Waals surface area contributed by atoms with Gasteiger partial charge < -0.3 is 9.64 Å². The molecule has 1 saturated carbocycles. The zero-order valence-electron chi connectivity index (χ0n) is 20.1. The number of hydrogen-bond acceptors (Lipinski definition) is 5. The van der Waals surface area contributed by atoms with Crippen LogP contribution in [-0.4, -0.2) is 49.0 Å². The average Bonchev–Trinajstić information content (AvgIpc) is 3.56. The fraction of sp³-hybridized carbons (Fsp3) is 0.538. The first-order chi connectivity index (χ1) is 16.3. The van der Waals surface area contributed by atoms with Gasteiger partial charge in [0.25, 0.3) is 0 Å². The summed E-state index contributed by atoms with van der Waals surface area (Å²) in [5.74, 6) is 1.19. The standard InChI is InChI=1S/C26H32FN5O2/c1-26(2,3)34-25(33)31-12-4-5-17(15-31)6-10-21-20(18-7-8-18)13-29-24(30-21)22-14-28-23-11-9-19(27)16-32(22)23/h9,11,13-14,16-18H,4-8,10,12,15H2,1-3H3/t17-/m0/s1. The molecule has 34 heavy (non-hydrogen) atoms. The average molecular weight is 466 g/mol. The van der Waals surface area contributed by atoms with Crippen molar-refractivity contribution in [2.45, 2.75) is 70.8 Å². The van der Waals surface area contributed by atoms with Crippen molar-refractivity contribution in [1.82, 2.24) is 24.3 Å². The second-order valence-electron chi connectivity index (χ2n) is 10.6. The molecule has 2 fully saturated rings.